The van der Waals surface area contributed by atoms with E-state index in [9.17, 15) is 0 Å². The zero-order valence-corrected chi connectivity index (χ0v) is 7.61. The van der Waals surface area contributed by atoms with Gasteiger partial charge >= 0.3 is 0 Å². The van der Waals surface area contributed by atoms with Crippen LogP contribution < -0.4 is 4.74 Å². The Morgan fingerprint density at radius 1 is 1.15 bits per heavy atom. The molecule has 0 atom stereocenters. The van der Waals surface area contributed by atoms with Crippen molar-refractivity contribution in [3.8, 4) is 5.88 Å². The quantitative estimate of drug-likeness (QED) is 0.662. The summed E-state index contributed by atoms with van der Waals surface area (Å²) in [4.78, 5) is 0. The minimum atomic E-state index is 0.596. The minimum absolute atomic E-state index is 0.596. The van der Waals surface area contributed by atoms with Crippen LogP contribution in [0.15, 0.2) is 24.3 Å². The van der Waals surface area contributed by atoms with Crippen molar-refractivity contribution in [2.75, 3.05) is 7.11 Å². The molecule has 3 nitrogen and oxygen atoms in total. The zero-order chi connectivity index (χ0) is 9.26. The Labute approximate surface area is 76.4 Å². The minimum Gasteiger partial charge on any atom is -0.480 e. The van der Waals surface area contributed by atoms with Crippen LogP contribution in [0.25, 0.3) is 10.9 Å². The molecular weight excluding hydrogens is 164 g/mol. The number of methoxy groups -OCH3 is 1. The molecule has 0 spiro atoms. The lowest BCUT2D eigenvalue weighted by molar-refractivity contribution is 0.390. The number of aryl methyl sites for hydroxylation is 1. The summed E-state index contributed by atoms with van der Waals surface area (Å²) in [6, 6.07) is 7.88. The van der Waals surface area contributed by atoms with E-state index in [0.29, 0.717) is 5.88 Å². The SMILES string of the molecule is COc1nnc2ccccc2c1C. The maximum atomic E-state index is 5.08. The van der Waals surface area contributed by atoms with Crippen LogP contribution >= 0.6 is 0 Å². The van der Waals surface area contributed by atoms with Crippen molar-refractivity contribution in [3.05, 3.63) is 29.8 Å². The summed E-state index contributed by atoms with van der Waals surface area (Å²) < 4.78 is 5.08. The van der Waals surface area contributed by atoms with Gasteiger partial charge < -0.3 is 4.74 Å². The third kappa shape index (κ3) is 1.22. The van der Waals surface area contributed by atoms with Crippen molar-refractivity contribution < 1.29 is 4.74 Å². The van der Waals surface area contributed by atoms with E-state index in [-0.39, 0.29) is 0 Å². The first-order valence-corrected chi connectivity index (χ1v) is 4.09. The van der Waals surface area contributed by atoms with Gasteiger partial charge in [0, 0.05) is 10.9 Å². The van der Waals surface area contributed by atoms with E-state index in [1.54, 1.807) is 7.11 Å². The van der Waals surface area contributed by atoms with E-state index < -0.39 is 0 Å². The van der Waals surface area contributed by atoms with Crippen LogP contribution in [0, 0.1) is 6.92 Å². The molecule has 0 aliphatic carbocycles. The van der Waals surface area contributed by atoms with Crippen molar-refractivity contribution in [2.45, 2.75) is 6.92 Å². The lowest BCUT2D eigenvalue weighted by atomic mass is 10.1. The number of aromatic nitrogens is 2. The highest BCUT2D eigenvalue weighted by Gasteiger charge is 2.04. The highest BCUT2D eigenvalue weighted by Crippen LogP contribution is 2.21. The number of nitrogens with zero attached hydrogens (tertiary/aromatic N) is 2. The van der Waals surface area contributed by atoms with Gasteiger partial charge in [0.2, 0.25) is 5.88 Å². The molecule has 0 saturated carbocycles. The van der Waals surface area contributed by atoms with E-state index in [1.165, 1.54) is 0 Å². The van der Waals surface area contributed by atoms with Crippen LogP contribution in [0.1, 0.15) is 5.56 Å². The summed E-state index contributed by atoms with van der Waals surface area (Å²) in [6.07, 6.45) is 0. The fourth-order valence-corrected chi connectivity index (χ4v) is 1.36. The standard InChI is InChI=1S/C10H10N2O/c1-7-8-5-3-4-6-9(8)11-12-10(7)13-2/h3-6H,1-2H3. The van der Waals surface area contributed by atoms with Crippen molar-refractivity contribution in [1.82, 2.24) is 10.2 Å². The predicted molar refractivity (Wildman–Crippen MR) is 50.8 cm³/mol. The third-order valence-electron chi connectivity index (χ3n) is 2.07. The van der Waals surface area contributed by atoms with Gasteiger partial charge in [0.05, 0.1) is 12.6 Å². The third-order valence-corrected chi connectivity index (χ3v) is 2.07. The lowest BCUT2D eigenvalue weighted by Gasteiger charge is -2.04. The molecule has 0 unspecified atom stereocenters. The molecule has 0 bridgehead atoms. The van der Waals surface area contributed by atoms with Gasteiger partial charge in [0.25, 0.3) is 0 Å². The Balaban J connectivity index is 2.79. The van der Waals surface area contributed by atoms with Gasteiger partial charge in [0.1, 0.15) is 0 Å². The van der Waals surface area contributed by atoms with Crippen molar-refractivity contribution in [1.29, 1.82) is 0 Å². The summed E-state index contributed by atoms with van der Waals surface area (Å²) in [7, 11) is 1.60. The van der Waals surface area contributed by atoms with Gasteiger partial charge in [-0.3, -0.25) is 0 Å². The van der Waals surface area contributed by atoms with Crippen molar-refractivity contribution >= 4 is 10.9 Å². The van der Waals surface area contributed by atoms with E-state index >= 15 is 0 Å². The van der Waals surface area contributed by atoms with Gasteiger partial charge in [-0.1, -0.05) is 18.2 Å². The molecule has 2 aromatic rings. The number of fused-ring (bicyclic) bond motifs is 1. The van der Waals surface area contributed by atoms with Gasteiger partial charge in [0.15, 0.2) is 0 Å². The van der Waals surface area contributed by atoms with Gasteiger partial charge in [-0.05, 0) is 13.0 Å². The normalized spacial score (nSPS) is 10.3. The molecule has 0 amide bonds. The Bertz CT molecular complexity index is 440. The molecule has 1 aromatic carbocycles. The molecule has 3 heteroatoms. The second-order valence-corrected chi connectivity index (χ2v) is 2.85. The van der Waals surface area contributed by atoms with Crippen LogP contribution in [-0.4, -0.2) is 17.3 Å². The first-order valence-electron chi connectivity index (χ1n) is 4.09. The molecule has 2 rings (SSSR count). The van der Waals surface area contributed by atoms with E-state index in [1.807, 2.05) is 31.2 Å². The molecule has 0 N–H and O–H groups in total. The predicted octanol–water partition coefficient (Wildman–Crippen LogP) is 1.95. The van der Waals surface area contributed by atoms with E-state index in [2.05, 4.69) is 10.2 Å². The maximum absolute atomic E-state index is 5.08. The summed E-state index contributed by atoms with van der Waals surface area (Å²) in [5, 5.41) is 9.08. The lowest BCUT2D eigenvalue weighted by Crippen LogP contribution is -1.94. The molecule has 0 aliphatic rings. The Morgan fingerprint density at radius 2 is 1.92 bits per heavy atom. The smallest absolute Gasteiger partial charge is 0.236 e. The molecular formula is C10H10N2O. The fraction of sp³-hybridized carbons (Fsp3) is 0.200. The molecule has 66 valence electrons. The molecule has 1 heterocycles. The average molecular weight is 174 g/mol. The second-order valence-electron chi connectivity index (χ2n) is 2.85. The van der Waals surface area contributed by atoms with E-state index in [0.717, 1.165) is 16.5 Å². The average Bonchev–Trinajstić information content (AvgIpc) is 2.19. The van der Waals surface area contributed by atoms with Crippen LogP contribution in [-0.2, 0) is 0 Å². The summed E-state index contributed by atoms with van der Waals surface area (Å²) in [5.41, 5.74) is 1.94. The summed E-state index contributed by atoms with van der Waals surface area (Å²) in [6.45, 7) is 1.98. The van der Waals surface area contributed by atoms with Crippen molar-refractivity contribution in [3.63, 3.8) is 0 Å². The van der Waals surface area contributed by atoms with Crippen LogP contribution in [0.4, 0.5) is 0 Å². The van der Waals surface area contributed by atoms with Gasteiger partial charge in [-0.25, -0.2) is 0 Å². The Kier molecular flexibility index (Phi) is 1.85. The van der Waals surface area contributed by atoms with Crippen LogP contribution in [0.5, 0.6) is 5.88 Å². The largest absolute Gasteiger partial charge is 0.480 e. The van der Waals surface area contributed by atoms with Gasteiger partial charge in [-0.2, -0.15) is 0 Å². The van der Waals surface area contributed by atoms with Crippen LogP contribution in [0.3, 0.4) is 0 Å². The number of rotatable bonds is 1. The summed E-state index contributed by atoms with van der Waals surface area (Å²) in [5.74, 6) is 0.596. The van der Waals surface area contributed by atoms with Crippen molar-refractivity contribution in [2.24, 2.45) is 0 Å². The monoisotopic (exact) mass is 174 g/mol. The molecule has 13 heavy (non-hydrogen) atoms. The number of hydrogen-bond donors (Lipinski definition) is 0. The topological polar surface area (TPSA) is 35.0 Å². The van der Waals surface area contributed by atoms with Crippen LogP contribution in [0.2, 0.25) is 0 Å². The second kappa shape index (κ2) is 3.01. The molecule has 0 saturated heterocycles. The first kappa shape index (κ1) is 7.98. The number of ether oxygens (including phenoxy) is 1. The Morgan fingerprint density at radius 3 is 2.69 bits per heavy atom. The molecule has 0 aliphatic heterocycles. The molecule has 0 fully saturated rings. The number of benzene rings is 1. The molecule has 0 radical (unpaired) electrons. The van der Waals surface area contributed by atoms with Gasteiger partial charge in [-0.15, -0.1) is 10.2 Å². The number of hydrogen-bond acceptors (Lipinski definition) is 3. The maximum Gasteiger partial charge on any atom is 0.236 e. The fourth-order valence-electron chi connectivity index (χ4n) is 1.36. The Hall–Kier alpha value is -1.64. The first-order chi connectivity index (χ1) is 6.33. The summed E-state index contributed by atoms with van der Waals surface area (Å²) >= 11 is 0. The molecule has 1 aromatic heterocycles. The highest BCUT2D eigenvalue weighted by atomic mass is 16.5. The zero-order valence-electron chi connectivity index (χ0n) is 7.61. The highest BCUT2D eigenvalue weighted by molar-refractivity contribution is 5.82. The van der Waals surface area contributed by atoms with E-state index in [4.69, 9.17) is 4.74 Å².